The number of likely N-dealkylation sites (N-methyl/N-ethyl adjacent to an activating group) is 2. The highest BCUT2D eigenvalue weighted by atomic mass is 35.5. The Morgan fingerprint density at radius 3 is 2.95 bits per heavy atom. The second-order valence-corrected chi connectivity index (χ2v) is 5.40. The van der Waals surface area contributed by atoms with Crippen LogP contribution in [0.2, 0.25) is 0 Å². The number of carbonyl (C=O) groups excluding carboxylic acids is 2. The number of benzene rings is 1. The second kappa shape index (κ2) is 7.52. The van der Waals surface area contributed by atoms with Crippen LogP contribution in [0.3, 0.4) is 0 Å². The quantitative estimate of drug-likeness (QED) is 0.883. The summed E-state index contributed by atoms with van der Waals surface area (Å²) < 4.78 is 0. The number of halogens is 1. The fourth-order valence-corrected chi connectivity index (χ4v) is 2.61. The molecule has 110 valence electrons. The molecule has 0 aromatic heterocycles. The van der Waals surface area contributed by atoms with Crippen molar-refractivity contribution in [2.45, 2.75) is 4.90 Å². The maximum absolute atomic E-state index is 12.2. The fraction of sp³-hybridized carbons (Fsp3) is 0.385. The van der Waals surface area contributed by atoms with Crippen LogP contribution >= 0.6 is 24.2 Å². The van der Waals surface area contributed by atoms with E-state index in [0.29, 0.717) is 17.9 Å². The molecule has 1 aliphatic rings. The van der Waals surface area contributed by atoms with Crippen LogP contribution in [0, 0.1) is 0 Å². The molecule has 0 saturated heterocycles. The summed E-state index contributed by atoms with van der Waals surface area (Å²) in [4.78, 5) is 26.2. The minimum atomic E-state index is -0.0390. The highest BCUT2D eigenvalue weighted by Crippen LogP contribution is 2.32. The number of rotatable bonds is 4. The average Bonchev–Trinajstić information content (AvgIpc) is 2.43. The van der Waals surface area contributed by atoms with Gasteiger partial charge in [0.2, 0.25) is 5.91 Å². The number of nitrogens with one attached hydrogen (secondary N) is 2. The molecule has 1 heterocycles. The molecule has 0 saturated carbocycles. The van der Waals surface area contributed by atoms with E-state index in [1.165, 1.54) is 11.8 Å². The minimum absolute atomic E-state index is 0. The Kier molecular flexibility index (Phi) is 6.32. The summed E-state index contributed by atoms with van der Waals surface area (Å²) >= 11 is 1.49. The molecule has 7 heteroatoms. The van der Waals surface area contributed by atoms with Crippen molar-refractivity contribution in [2.75, 3.05) is 38.3 Å². The largest absolute Gasteiger partial charge is 0.340 e. The van der Waals surface area contributed by atoms with Crippen LogP contribution in [0.1, 0.15) is 10.4 Å². The lowest BCUT2D eigenvalue weighted by atomic mass is 10.1. The molecule has 0 unspecified atom stereocenters. The van der Waals surface area contributed by atoms with E-state index in [9.17, 15) is 9.59 Å². The number of carbonyl (C=O) groups is 2. The first kappa shape index (κ1) is 16.8. The van der Waals surface area contributed by atoms with Gasteiger partial charge in [0.25, 0.3) is 5.91 Å². The lowest BCUT2D eigenvalue weighted by molar-refractivity contribution is -0.113. The van der Waals surface area contributed by atoms with Gasteiger partial charge < -0.3 is 15.5 Å². The van der Waals surface area contributed by atoms with E-state index in [1.54, 1.807) is 18.0 Å². The predicted octanol–water partition coefficient (Wildman–Crippen LogP) is 1.44. The highest BCUT2D eigenvalue weighted by Gasteiger charge is 2.18. The van der Waals surface area contributed by atoms with Gasteiger partial charge in [-0.2, -0.15) is 0 Å². The molecule has 2 rings (SSSR count). The van der Waals surface area contributed by atoms with Crippen molar-refractivity contribution >= 4 is 41.7 Å². The summed E-state index contributed by atoms with van der Waals surface area (Å²) in [5.41, 5.74) is 1.33. The van der Waals surface area contributed by atoms with Crippen molar-refractivity contribution < 1.29 is 9.59 Å². The van der Waals surface area contributed by atoms with Crippen molar-refractivity contribution in [3.63, 3.8) is 0 Å². The normalized spacial score (nSPS) is 13.0. The molecule has 2 N–H and O–H groups in total. The van der Waals surface area contributed by atoms with Crippen LogP contribution in [0.25, 0.3) is 0 Å². The molecule has 0 fully saturated rings. The van der Waals surface area contributed by atoms with E-state index >= 15 is 0 Å². The Hall–Kier alpha value is -1.24. The number of thioether (sulfide) groups is 1. The third-order valence-corrected chi connectivity index (χ3v) is 3.98. The maximum atomic E-state index is 12.2. The van der Waals surface area contributed by atoms with Crippen LogP contribution in [-0.4, -0.2) is 49.7 Å². The predicted molar refractivity (Wildman–Crippen MR) is 83.9 cm³/mol. The zero-order valence-electron chi connectivity index (χ0n) is 11.4. The van der Waals surface area contributed by atoms with Crippen molar-refractivity contribution in [1.82, 2.24) is 10.2 Å². The molecule has 2 amide bonds. The maximum Gasteiger partial charge on any atom is 0.253 e. The number of fused-ring (bicyclic) bond motifs is 1. The van der Waals surface area contributed by atoms with Gasteiger partial charge in [0.05, 0.1) is 11.4 Å². The monoisotopic (exact) mass is 315 g/mol. The topological polar surface area (TPSA) is 61.4 Å². The number of amides is 2. The first-order chi connectivity index (χ1) is 9.11. The zero-order chi connectivity index (χ0) is 13.8. The number of hydrogen-bond acceptors (Lipinski definition) is 4. The van der Waals surface area contributed by atoms with E-state index in [2.05, 4.69) is 10.6 Å². The van der Waals surface area contributed by atoms with Crippen molar-refractivity contribution in [2.24, 2.45) is 0 Å². The van der Waals surface area contributed by atoms with Crippen molar-refractivity contribution in [3.05, 3.63) is 23.8 Å². The van der Waals surface area contributed by atoms with Gasteiger partial charge in [-0.05, 0) is 25.2 Å². The summed E-state index contributed by atoms with van der Waals surface area (Å²) in [6, 6.07) is 5.44. The van der Waals surface area contributed by atoms with Crippen LogP contribution in [0.15, 0.2) is 23.1 Å². The molecular formula is C13H18ClN3O2S. The SMILES string of the molecule is CNCCN(C)C(=O)c1ccc2c(c1)NC(=O)CS2.Cl. The summed E-state index contributed by atoms with van der Waals surface area (Å²) in [5.74, 6) is 0.371. The second-order valence-electron chi connectivity index (χ2n) is 4.38. The van der Waals surface area contributed by atoms with Gasteiger partial charge in [0.1, 0.15) is 0 Å². The lowest BCUT2D eigenvalue weighted by Gasteiger charge is -2.20. The average molecular weight is 316 g/mol. The molecule has 0 radical (unpaired) electrons. The Morgan fingerprint density at radius 1 is 1.50 bits per heavy atom. The van der Waals surface area contributed by atoms with Gasteiger partial charge in [0.15, 0.2) is 0 Å². The van der Waals surface area contributed by atoms with Gasteiger partial charge in [-0.1, -0.05) is 0 Å². The van der Waals surface area contributed by atoms with Gasteiger partial charge >= 0.3 is 0 Å². The first-order valence-corrected chi connectivity index (χ1v) is 7.07. The van der Waals surface area contributed by atoms with Crippen LogP contribution < -0.4 is 10.6 Å². The number of hydrogen-bond donors (Lipinski definition) is 2. The molecule has 1 aromatic rings. The lowest BCUT2D eigenvalue weighted by Crippen LogP contribution is -2.32. The van der Waals surface area contributed by atoms with E-state index in [0.717, 1.165) is 17.1 Å². The van der Waals surface area contributed by atoms with E-state index < -0.39 is 0 Å². The van der Waals surface area contributed by atoms with Gasteiger partial charge in [-0.25, -0.2) is 0 Å². The summed E-state index contributed by atoms with van der Waals surface area (Å²) in [6.45, 7) is 1.40. The third kappa shape index (κ3) is 3.88. The molecule has 1 aliphatic heterocycles. The summed E-state index contributed by atoms with van der Waals surface area (Å²) in [7, 11) is 3.62. The van der Waals surface area contributed by atoms with Crippen molar-refractivity contribution in [3.8, 4) is 0 Å². The van der Waals surface area contributed by atoms with E-state index in [1.807, 2.05) is 19.2 Å². The Bertz CT molecular complexity index is 510. The Balaban J connectivity index is 0.00000200. The van der Waals surface area contributed by atoms with Gasteiger partial charge in [0, 0.05) is 30.6 Å². The molecule has 0 atom stereocenters. The first-order valence-electron chi connectivity index (χ1n) is 6.08. The fourth-order valence-electron chi connectivity index (χ4n) is 1.82. The number of nitrogens with zero attached hydrogens (tertiary/aromatic N) is 1. The standard InChI is InChI=1S/C13H17N3O2S.ClH/c1-14-5-6-16(2)13(18)9-3-4-11-10(7-9)15-12(17)8-19-11;/h3-4,7,14H,5-6,8H2,1-2H3,(H,15,17);1H. The Labute approximate surface area is 128 Å². The van der Waals surface area contributed by atoms with E-state index in [4.69, 9.17) is 0 Å². The summed E-state index contributed by atoms with van der Waals surface area (Å²) in [5, 5.41) is 5.80. The van der Waals surface area contributed by atoms with Crippen molar-refractivity contribution in [1.29, 1.82) is 0 Å². The molecule has 0 bridgehead atoms. The van der Waals surface area contributed by atoms with Gasteiger partial charge in [-0.15, -0.1) is 24.2 Å². The molecule has 20 heavy (non-hydrogen) atoms. The summed E-state index contributed by atoms with van der Waals surface area (Å²) in [6.07, 6.45) is 0. The molecule has 0 aliphatic carbocycles. The zero-order valence-corrected chi connectivity index (χ0v) is 13.1. The highest BCUT2D eigenvalue weighted by molar-refractivity contribution is 8.00. The number of anilines is 1. The molecule has 0 spiro atoms. The van der Waals surface area contributed by atoms with E-state index in [-0.39, 0.29) is 24.2 Å². The molecule has 5 nitrogen and oxygen atoms in total. The smallest absolute Gasteiger partial charge is 0.253 e. The Morgan fingerprint density at radius 2 is 2.25 bits per heavy atom. The van der Waals surface area contributed by atoms with Crippen LogP contribution in [0.5, 0.6) is 0 Å². The third-order valence-electron chi connectivity index (χ3n) is 2.90. The van der Waals surface area contributed by atoms with Gasteiger partial charge in [-0.3, -0.25) is 9.59 Å². The minimum Gasteiger partial charge on any atom is -0.340 e. The van der Waals surface area contributed by atoms with Crippen LogP contribution in [0.4, 0.5) is 5.69 Å². The molecule has 1 aromatic carbocycles. The molecular weight excluding hydrogens is 298 g/mol. The van der Waals surface area contributed by atoms with Crippen LogP contribution in [-0.2, 0) is 4.79 Å².